The summed E-state index contributed by atoms with van der Waals surface area (Å²) in [7, 11) is 1.79. The number of fused-ring (bicyclic) bond motifs is 2. The summed E-state index contributed by atoms with van der Waals surface area (Å²) in [5, 5.41) is 7.03. The van der Waals surface area contributed by atoms with Crippen molar-refractivity contribution in [1.29, 1.82) is 0 Å². The van der Waals surface area contributed by atoms with Gasteiger partial charge in [-0.05, 0) is 51.5 Å². The monoisotopic (exact) mass is 431 g/mol. The molecular weight excluding hydrogens is 402 g/mol. The minimum atomic E-state index is -0.0209. The fourth-order valence-electron chi connectivity index (χ4n) is 4.79. The quantitative estimate of drug-likeness (QED) is 0.497. The minimum Gasteiger partial charge on any atom is -0.308 e. The Bertz CT molecular complexity index is 1360. The van der Waals surface area contributed by atoms with Crippen LogP contribution in [0.1, 0.15) is 38.1 Å². The SMILES string of the molecule is Cc1cnc2ccc(C(C)N3C[C@H](C)N(n4cc5c(ccc(=O)n5C)n4)C[C@H]3C)cc2n1. The Labute approximate surface area is 187 Å². The third kappa shape index (κ3) is 3.44. The van der Waals surface area contributed by atoms with Crippen molar-refractivity contribution in [2.24, 2.45) is 7.05 Å². The van der Waals surface area contributed by atoms with Crippen molar-refractivity contribution in [3.8, 4) is 0 Å². The second-order valence-electron chi connectivity index (χ2n) is 9.00. The molecule has 0 radical (unpaired) electrons. The molecule has 1 aliphatic rings. The predicted molar refractivity (Wildman–Crippen MR) is 126 cm³/mol. The Morgan fingerprint density at radius 2 is 1.81 bits per heavy atom. The average molecular weight is 432 g/mol. The Morgan fingerprint density at radius 3 is 2.62 bits per heavy atom. The van der Waals surface area contributed by atoms with Crippen LogP contribution in [0.25, 0.3) is 22.1 Å². The summed E-state index contributed by atoms with van der Waals surface area (Å²) in [6, 6.07) is 10.6. The van der Waals surface area contributed by atoms with Gasteiger partial charge in [-0.15, -0.1) is 0 Å². The summed E-state index contributed by atoms with van der Waals surface area (Å²) in [4.78, 5) is 25.6. The van der Waals surface area contributed by atoms with Gasteiger partial charge in [-0.1, -0.05) is 6.07 Å². The van der Waals surface area contributed by atoms with Crippen LogP contribution in [0.3, 0.4) is 0 Å². The maximum Gasteiger partial charge on any atom is 0.250 e. The molecule has 0 amide bonds. The van der Waals surface area contributed by atoms with Gasteiger partial charge < -0.3 is 4.57 Å². The van der Waals surface area contributed by atoms with Crippen LogP contribution in [0.4, 0.5) is 0 Å². The Kier molecular flexibility index (Phi) is 4.97. The Hall–Kier alpha value is -3.26. The van der Waals surface area contributed by atoms with Crippen LogP contribution in [0.2, 0.25) is 0 Å². The number of aromatic nitrogens is 5. The number of nitrogens with zero attached hydrogens (tertiary/aromatic N) is 7. The average Bonchev–Trinajstić information content (AvgIpc) is 3.21. The molecule has 1 aliphatic heterocycles. The van der Waals surface area contributed by atoms with E-state index in [4.69, 9.17) is 5.10 Å². The van der Waals surface area contributed by atoms with Gasteiger partial charge in [0.25, 0.3) is 5.56 Å². The molecule has 1 saturated heterocycles. The molecule has 166 valence electrons. The molecule has 0 saturated carbocycles. The van der Waals surface area contributed by atoms with Crippen LogP contribution in [-0.4, -0.2) is 54.5 Å². The number of piperazine rings is 1. The molecule has 3 atom stereocenters. The van der Waals surface area contributed by atoms with Crippen LogP contribution < -0.4 is 10.6 Å². The van der Waals surface area contributed by atoms with Crippen molar-refractivity contribution in [1.82, 2.24) is 29.3 Å². The molecule has 3 aromatic heterocycles. The van der Waals surface area contributed by atoms with Crippen molar-refractivity contribution in [2.75, 3.05) is 18.1 Å². The molecule has 4 aromatic rings. The minimum absolute atomic E-state index is 0.0209. The molecule has 1 fully saturated rings. The van der Waals surface area contributed by atoms with E-state index in [1.54, 1.807) is 23.7 Å². The lowest BCUT2D eigenvalue weighted by atomic mass is 10.0. The Balaban J connectivity index is 1.40. The number of benzene rings is 1. The summed E-state index contributed by atoms with van der Waals surface area (Å²) in [6.07, 6.45) is 3.77. The first-order valence-corrected chi connectivity index (χ1v) is 11.1. The predicted octanol–water partition coefficient (Wildman–Crippen LogP) is 2.78. The lowest BCUT2D eigenvalue weighted by Gasteiger charge is -2.47. The van der Waals surface area contributed by atoms with E-state index in [9.17, 15) is 4.79 Å². The smallest absolute Gasteiger partial charge is 0.250 e. The molecule has 1 unspecified atom stereocenters. The second kappa shape index (κ2) is 7.70. The van der Waals surface area contributed by atoms with Crippen LogP contribution in [-0.2, 0) is 7.05 Å². The van der Waals surface area contributed by atoms with Gasteiger partial charge in [0.05, 0.1) is 41.0 Å². The number of hydrogen-bond acceptors (Lipinski definition) is 6. The maximum atomic E-state index is 12.0. The summed E-state index contributed by atoms with van der Waals surface area (Å²) in [5.74, 6) is 0. The van der Waals surface area contributed by atoms with E-state index in [1.807, 2.05) is 24.1 Å². The summed E-state index contributed by atoms with van der Waals surface area (Å²) in [5.41, 5.74) is 5.72. The number of rotatable bonds is 3. The molecule has 0 aliphatic carbocycles. The first-order chi connectivity index (χ1) is 15.3. The molecule has 0 spiro atoms. The van der Waals surface area contributed by atoms with Gasteiger partial charge in [0.2, 0.25) is 0 Å². The zero-order valence-electron chi connectivity index (χ0n) is 19.2. The van der Waals surface area contributed by atoms with Crippen molar-refractivity contribution >= 4 is 22.1 Å². The summed E-state index contributed by atoms with van der Waals surface area (Å²) in [6.45, 7) is 10.5. The zero-order chi connectivity index (χ0) is 22.6. The molecular formula is C24H29N7O. The molecule has 0 N–H and O–H groups in total. The van der Waals surface area contributed by atoms with Gasteiger partial charge >= 0.3 is 0 Å². The highest BCUT2D eigenvalue weighted by atomic mass is 16.1. The number of pyridine rings is 1. The van der Waals surface area contributed by atoms with E-state index in [0.717, 1.165) is 40.9 Å². The maximum absolute atomic E-state index is 12.0. The van der Waals surface area contributed by atoms with Gasteiger partial charge in [-0.2, -0.15) is 9.89 Å². The van der Waals surface area contributed by atoms with E-state index in [-0.39, 0.29) is 17.6 Å². The van der Waals surface area contributed by atoms with Gasteiger partial charge in [-0.25, -0.2) is 4.98 Å². The van der Waals surface area contributed by atoms with Crippen molar-refractivity contribution in [2.45, 2.75) is 45.8 Å². The third-order valence-corrected chi connectivity index (χ3v) is 6.72. The van der Waals surface area contributed by atoms with Crippen molar-refractivity contribution in [3.05, 3.63) is 64.3 Å². The molecule has 32 heavy (non-hydrogen) atoms. The van der Waals surface area contributed by atoms with Gasteiger partial charge in [0.1, 0.15) is 5.52 Å². The molecule has 8 nitrogen and oxygen atoms in total. The Morgan fingerprint density at radius 1 is 1.03 bits per heavy atom. The standard InChI is InChI=1S/C24H29N7O/c1-15-11-25-20-7-6-19(10-22(20)26-15)18(4)29-12-17(3)30(13-16(29)2)31-14-23-21(27-31)8-9-24(32)28(23)5/h6-11,14,16-18H,12-13H2,1-5H3/t16-,17+,18?/m1/s1. The normalized spacial score (nSPS) is 20.8. The first-order valence-electron chi connectivity index (χ1n) is 11.1. The van der Waals surface area contributed by atoms with E-state index < -0.39 is 0 Å². The molecule has 1 aromatic carbocycles. The second-order valence-corrected chi connectivity index (χ2v) is 9.00. The van der Waals surface area contributed by atoms with Crippen molar-refractivity contribution in [3.63, 3.8) is 0 Å². The molecule has 5 rings (SSSR count). The number of aryl methyl sites for hydroxylation is 2. The highest BCUT2D eigenvalue weighted by molar-refractivity contribution is 5.75. The van der Waals surface area contributed by atoms with E-state index in [1.165, 1.54) is 5.56 Å². The van der Waals surface area contributed by atoms with E-state index >= 15 is 0 Å². The molecule has 0 bridgehead atoms. The lowest BCUT2D eigenvalue weighted by Crippen LogP contribution is -2.60. The van der Waals surface area contributed by atoms with Gasteiger partial charge in [-0.3, -0.25) is 19.7 Å². The highest BCUT2D eigenvalue weighted by Gasteiger charge is 2.33. The summed E-state index contributed by atoms with van der Waals surface area (Å²) >= 11 is 0. The van der Waals surface area contributed by atoms with Crippen molar-refractivity contribution < 1.29 is 0 Å². The fourth-order valence-corrected chi connectivity index (χ4v) is 4.79. The largest absolute Gasteiger partial charge is 0.308 e. The van der Waals surface area contributed by atoms with Gasteiger partial charge in [0.15, 0.2) is 0 Å². The lowest BCUT2D eigenvalue weighted by molar-refractivity contribution is 0.103. The third-order valence-electron chi connectivity index (χ3n) is 6.72. The zero-order valence-corrected chi connectivity index (χ0v) is 19.2. The fraction of sp³-hybridized carbons (Fsp3) is 0.417. The van der Waals surface area contributed by atoms with E-state index in [0.29, 0.717) is 6.04 Å². The summed E-state index contributed by atoms with van der Waals surface area (Å²) < 4.78 is 1.65. The molecule has 8 heteroatoms. The first kappa shape index (κ1) is 20.6. The van der Waals surface area contributed by atoms with Crippen LogP contribution in [0.5, 0.6) is 0 Å². The van der Waals surface area contributed by atoms with Crippen LogP contribution in [0.15, 0.2) is 47.5 Å². The number of hydrogen-bond donors (Lipinski definition) is 0. The van der Waals surface area contributed by atoms with E-state index in [2.05, 4.69) is 58.8 Å². The highest BCUT2D eigenvalue weighted by Crippen LogP contribution is 2.28. The van der Waals surface area contributed by atoms with Crippen LogP contribution in [0, 0.1) is 6.92 Å². The van der Waals surface area contributed by atoms with Crippen LogP contribution >= 0.6 is 0 Å². The molecule has 4 heterocycles. The topological polar surface area (TPSA) is 72.1 Å². The van der Waals surface area contributed by atoms with Gasteiger partial charge in [0, 0.05) is 37.9 Å².